The maximum atomic E-state index is 11.0. The molecule has 0 saturated heterocycles. The summed E-state index contributed by atoms with van der Waals surface area (Å²) in [6.45, 7) is 4.00. The first kappa shape index (κ1) is 14.0. The average molecular weight is 251 g/mol. The topological polar surface area (TPSA) is 98.3 Å². The van der Waals surface area contributed by atoms with E-state index in [-0.39, 0.29) is 17.3 Å². The molecule has 0 bridgehead atoms. The molecule has 1 atom stereocenters. The number of carbonyl (C=O) groups excluding carboxylic acids is 1. The number of nitro groups is 1. The Morgan fingerprint density at radius 3 is 2.72 bits per heavy atom. The maximum Gasteiger partial charge on any atom is 0.293 e. The summed E-state index contributed by atoms with van der Waals surface area (Å²) in [5.74, 6) is -0.675. The fourth-order valence-electron chi connectivity index (χ4n) is 1.73. The Labute approximate surface area is 105 Å². The van der Waals surface area contributed by atoms with E-state index in [0.29, 0.717) is 5.69 Å². The lowest BCUT2D eigenvalue weighted by molar-refractivity contribution is -0.384. The molecule has 0 spiro atoms. The summed E-state index contributed by atoms with van der Waals surface area (Å²) < 4.78 is 0. The number of nitro benzene ring substituents is 1. The van der Waals surface area contributed by atoms with Gasteiger partial charge in [-0.15, -0.1) is 0 Å². The number of nitrogens with zero attached hydrogens (tertiary/aromatic N) is 1. The van der Waals surface area contributed by atoms with Gasteiger partial charge in [-0.3, -0.25) is 14.9 Å². The first-order valence-electron chi connectivity index (χ1n) is 5.80. The van der Waals surface area contributed by atoms with E-state index in [1.54, 1.807) is 0 Å². The lowest BCUT2D eigenvalue weighted by Crippen LogP contribution is -2.16. The SMILES string of the molecule is CCCC(C)Nc1ccc(C(N)=O)cc1[N+](=O)[O-]. The van der Waals surface area contributed by atoms with E-state index in [9.17, 15) is 14.9 Å². The third-order valence-electron chi connectivity index (χ3n) is 2.60. The number of primary amides is 1. The Balaban J connectivity index is 3.04. The normalized spacial score (nSPS) is 11.9. The van der Waals surface area contributed by atoms with Crippen molar-refractivity contribution in [3.63, 3.8) is 0 Å². The molecule has 0 radical (unpaired) electrons. The Morgan fingerprint density at radius 2 is 2.22 bits per heavy atom. The van der Waals surface area contributed by atoms with Crippen LogP contribution in [0.4, 0.5) is 11.4 Å². The summed E-state index contributed by atoms with van der Waals surface area (Å²) in [7, 11) is 0. The molecule has 98 valence electrons. The van der Waals surface area contributed by atoms with Gasteiger partial charge in [-0.05, 0) is 25.5 Å². The predicted octanol–water partition coefficient (Wildman–Crippen LogP) is 2.29. The molecule has 0 aliphatic carbocycles. The van der Waals surface area contributed by atoms with Crippen molar-refractivity contribution in [3.8, 4) is 0 Å². The molecule has 3 N–H and O–H groups in total. The third kappa shape index (κ3) is 3.44. The number of carbonyl (C=O) groups is 1. The molecule has 1 rings (SSSR count). The molecule has 6 nitrogen and oxygen atoms in total. The summed E-state index contributed by atoms with van der Waals surface area (Å²) >= 11 is 0. The van der Waals surface area contributed by atoms with Crippen LogP contribution in [0.15, 0.2) is 18.2 Å². The molecule has 0 saturated carbocycles. The first-order valence-corrected chi connectivity index (χ1v) is 5.80. The van der Waals surface area contributed by atoms with Crippen molar-refractivity contribution >= 4 is 17.3 Å². The van der Waals surface area contributed by atoms with Crippen LogP contribution in [0, 0.1) is 10.1 Å². The largest absolute Gasteiger partial charge is 0.377 e. The molecule has 0 aliphatic heterocycles. The molecule has 1 aromatic carbocycles. The highest BCUT2D eigenvalue weighted by atomic mass is 16.6. The highest BCUT2D eigenvalue weighted by Gasteiger charge is 2.17. The monoisotopic (exact) mass is 251 g/mol. The summed E-state index contributed by atoms with van der Waals surface area (Å²) in [5.41, 5.74) is 5.51. The highest BCUT2D eigenvalue weighted by Crippen LogP contribution is 2.26. The van der Waals surface area contributed by atoms with Crippen molar-refractivity contribution < 1.29 is 9.72 Å². The molecule has 0 aromatic heterocycles. The smallest absolute Gasteiger partial charge is 0.293 e. The lowest BCUT2D eigenvalue weighted by atomic mass is 10.1. The van der Waals surface area contributed by atoms with Gasteiger partial charge in [0.15, 0.2) is 0 Å². The number of hydrogen-bond acceptors (Lipinski definition) is 4. The Kier molecular flexibility index (Phi) is 4.65. The molecule has 0 heterocycles. The number of anilines is 1. The average Bonchev–Trinajstić information content (AvgIpc) is 2.29. The summed E-state index contributed by atoms with van der Waals surface area (Å²) in [6, 6.07) is 4.33. The van der Waals surface area contributed by atoms with E-state index in [1.165, 1.54) is 18.2 Å². The number of nitrogens with one attached hydrogen (secondary N) is 1. The number of hydrogen-bond donors (Lipinski definition) is 2. The predicted molar refractivity (Wildman–Crippen MR) is 69.6 cm³/mol. The second-order valence-electron chi connectivity index (χ2n) is 4.19. The van der Waals surface area contributed by atoms with Gasteiger partial charge in [-0.25, -0.2) is 0 Å². The minimum Gasteiger partial charge on any atom is -0.377 e. The van der Waals surface area contributed by atoms with E-state index in [2.05, 4.69) is 5.32 Å². The van der Waals surface area contributed by atoms with Crippen LogP contribution < -0.4 is 11.1 Å². The van der Waals surface area contributed by atoms with Crippen molar-refractivity contribution in [2.24, 2.45) is 5.73 Å². The molecule has 18 heavy (non-hydrogen) atoms. The maximum absolute atomic E-state index is 11.0. The Hall–Kier alpha value is -2.11. The summed E-state index contributed by atoms with van der Waals surface area (Å²) in [6.07, 6.45) is 1.90. The van der Waals surface area contributed by atoms with Crippen LogP contribution in [-0.2, 0) is 0 Å². The van der Waals surface area contributed by atoms with Gasteiger partial charge in [0.25, 0.3) is 5.69 Å². The fourth-order valence-corrected chi connectivity index (χ4v) is 1.73. The van der Waals surface area contributed by atoms with Crippen LogP contribution >= 0.6 is 0 Å². The van der Waals surface area contributed by atoms with Gasteiger partial charge < -0.3 is 11.1 Å². The molecule has 1 amide bonds. The second-order valence-corrected chi connectivity index (χ2v) is 4.19. The van der Waals surface area contributed by atoms with Crippen LogP contribution in [0.25, 0.3) is 0 Å². The quantitative estimate of drug-likeness (QED) is 0.598. The highest BCUT2D eigenvalue weighted by molar-refractivity contribution is 5.94. The van der Waals surface area contributed by atoms with Crippen LogP contribution in [0.3, 0.4) is 0 Å². The fraction of sp³-hybridized carbons (Fsp3) is 0.417. The van der Waals surface area contributed by atoms with E-state index in [1.807, 2.05) is 13.8 Å². The zero-order valence-corrected chi connectivity index (χ0v) is 10.5. The van der Waals surface area contributed by atoms with Crippen LogP contribution in [0.5, 0.6) is 0 Å². The van der Waals surface area contributed by atoms with E-state index in [4.69, 9.17) is 5.73 Å². The van der Waals surface area contributed by atoms with Crippen molar-refractivity contribution in [3.05, 3.63) is 33.9 Å². The third-order valence-corrected chi connectivity index (χ3v) is 2.60. The molecule has 0 fully saturated rings. The summed E-state index contributed by atoms with van der Waals surface area (Å²) in [4.78, 5) is 21.4. The van der Waals surface area contributed by atoms with E-state index < -0.39 is 10.8 Å². The van der Waals surface area contributed by atoms with Crippen LogP contribution in [0.2, 0.25) is 0 Å². The van der Waals surface area contributed by atoms with E-state index >= 15 is 0 Å². The molecule has 6 heteroatoms. The van der Waals surface area contributed by atoms with E-state index in [0.717, 1.165) is 12.8 Å². The van der Waals surface area contributed by atoms with Gasteiger partial charge in [0, 0.05) is 17.7 Å². The molecule has 1 aromatic rings. The zero-order valence-electron chi connectivity index (χ0n) is 10.5. The Bertz CT molecular complexity index is 460. The number of rotatable bonds is 6. The Morgan fingerprint density at radius 1 is 1.56 bits per heavy atom. The van der Waals surface area contributed by atoms with Crippen LogP contribution in [0.1, 0.15) is 37.0 Å². The van der Waals surface area contributed by atoms with Gasteiger partial charge in [0.1, 0.15) is 5.69 Å². The van der Waals surface area contributed by atoms with Gasteiger partial charge >= 0.3 is 0 Å². The second kappa shape index (κ2) is 6.00. The standard InChI is InChI=1S/C12H17N3O3/c1-3-4-8(2)14-10-6-5-9(12(13)16)7-11(10)15(17)18/h5-8,14H,3-4H2,1-2H3,(H2,13,16). The van der Waals surface area contributed by atoms with Crippen molar-refractivity contribution in [2.75, 3.05) is 5.32 Å². The van der Waals surface area contributed by atoms with Crippen molar-refractivity contribution in [1.29, 1.82) is 0 Å². The van der Waals surface area contributed by atoms with Gasteiger partial charge in [-0.1, -0.05) is 13.3 Å². The van der Waals surface area contributed by atoms with Crippen LogP contribution in [-0.4, -0.2) is 16.9 Å². The van der Waals surface area contributed by atoms with Gasteiger partial charge in [0.05, 0.1) is 4.92 Å². The number of nitrogens with two attached hydrogens (primary N) is 1. The van der Waals surface area contributed by atoms with Gasteiger partial charge in [0.2, 0.25) is 5.91 Å². The lowest BCUT2D eigenvalue weighted by Gasteiger charge is -2.14. The molecular formula is C12H17N3O3. The minimum absolute atomic E-state index is 0.130. The summed E-state index contributed by atoms with van der Waals surface area (Å²) in [5, 5.41) is 14.0. The molecule has 0 aliphatic rings. The van der Waals surface area contributed by atoms with Crippen molar-refractivity contribution in [1.82, 2.24) is 0 Å². The van der Waals surface area contributed by atoms with Crippen molar-refractivity contribution in [2.45, 2.75) is 32.7 Å². The molecular weight excluding hydrogens is 234 g/mol. The number of amides is 1. The van der Waals surface area contributed by atoms with Gasteiger partial charge in [-0.2, -0.15) is 0 Å². The number of benzene rings is 1. The minimum atomic E-state index is -0.675. The zero-order chi connectivity index (χ0) is 13.7. The molecule has 1 unspecified atom stereocenters. The first-order chi connectivity index (χ1) is 8.45.